The summed E-state index contributed by atoms with van der Waals surface area (Å²) >= 11 is 13.9. The fourth-order valence-corrected chi connectivity index (χ4v) is 5.30. The number of rotatable bonds is 3. The van der Waals surface area contributed by atoms with Gasteiger partial charge in [-0.1, -0.05) is 29.6 Å². The number of nitrogens with one attached hydrogen (secondary N) is 1. The third-order valence-corrected chi connectivity index (χ3v) is 6.68. The molecule has 1 aromatic carbocycles. The lowest BCUT2D eigenvalue weighted by Gasteiger charge is -2.45. The van der Waals surface area contributed by atoms with Crippen molar-refractivity contribution in [1.82, 2.24) is 5.32 Å². The van der Waals surface area contributed by atoms with Crippen molar-refractivity contribution in [2.75, 3.05) is 6.26 Å². The van der Waals surface area contributed by atoms with Crippen LogP contribution in [-0.2, 0) is 0 Å². The summed E-state index contributed by atoms with van der Waals surface area (Å²) in [6.45, 7) is 0. The molecular weight excluding hydrogens is 387 g/mol. The highest BCUT2D eigenvalue weighted by atomic mass is 35.5. The van der Waals surface area contributed by atoms with Crippen LogP contribution < -0.4 is 11.1 Å². The van der Waals surface area contributed by atoms with E-state index in [4.69, 9.17) is 28.9 Å². The molecule has 2 atom stereocenters. The van der Waals surface area contributed by atoms with Gasteiger partial charge in [0.05, 0.1) is 15.6 Å². The van der Waals surface area contributed by atoms with Crippen LogP contribution in [0.15, 0.2) is 17.0 Å². The maximum absolute atomic E-state index is 12.7. The van der Waals surface area contributed by atoms with Crippen molar-refractivity contribution in [3.63, 3.8) is 0 Å². The van der Waals surface area contributed by atoms with Crippen LogP contribution in [0.1, 0.15) is 42.5 Å². The minimum atomic E-state index is -0.0978. The summed E-state index contributed by atoms with van der Waals surface area (Å²) < 4.78 is 0. The third kappa shape index (κ3) is 4.16. The monoisotopic (exact) mass is 408 g/mol. The number of carbonyl (C=O) groups is 1. The van der Waals surface area contributed by atoms with E-state index in [0.29, 0.717) is 27.4 Å². The molecule has 7 heteroatoms. The molecule has 2 aliphatic rings. The molecule has 24 heavy (non-hydrogen) atoms. The summed E-state index contributed by atoms with van der Waals surface area (Å²) in [6, 6.07) is 3.94. The second kappa shape index (κ2) is 8.50. The van der Waals surface area contributed by atoms with E-state index >= 15 is 0 Å². The molecule has 0 heterocycles. The second-order valence-electron chi connectivity index (χ2n) is 6.65. The minimum absolute atomic E-state index is 0. The van der Waals surface area contributed by atoms with Crippen molar-refractivity contribution in [3.05, 3.63) is 27.7 Å². The first kappa shape index (κ1) is 20.2. The molecule has 3 N–H and O–H groups in total. The molecule has 1 aromatic rings. The van der Waals surface area contributed by atoms with Gasteiger partial charge in [-0.3, -0.25) is 4.79 Å². The zero-order valence-electron chi connectivity index (χ0n) is 13.6. The van der Waals surface area contributed by atoms with Crippen LogP contribution in [0.4, 0.5) is 0 Å². The number of carbonyl (C=O) groups excluding carboxylic acids is 1. The third-order valence-electron chi connectivity index (χ3n) is 5.16. The van der Waals surface area contributed by atoms with Gasteiger partial charge in [-0.25, -0.2) is 0 Å². The van der Waals surface area contributed by atoms with Gasteiger partial charge in [0, 0.05) is 17.0 Å². The quantitative estimate of drug-likeness (QED) is 0.707. The minimum Gasteiger partial charge on any atom is -0.349 e. The van der Waals surface area contributed by atoms with E-state index in [1.165, 1.54) is 18.2 Å². The van der Waals surface area contributed by atoms with E-state index in [1.54, 1.807) is 12.1 Å². The van der Waals surface area contributed by atoms with E-state index in [2.05, 4.69) is 5.32 Å². The van der Waals surface area contributed by atoms with Crippen LogP contribution in [0.3, 0.4) is 0 Å². The number of fused-ring (bicyclic) bond motifs is 2. The Bertz CT molecular complexity index is 600. The molecule has 2 saturated carbocycles. The molecule has 0 saturated heterocycles. The van der Waals surface area contributed by atoms with Gasteiger partial charge >= 0.3 is 0 Å². The van der Waals surface area contributed by atoms with E-state index in [9.17, 15) is 4.79 Å². The Morgan fingerprint density at radius 1 is 1.21 bits per heavy atom. The first-order valence-electron chi connectivity index (χ1n) is 8.09. The average Bonchev–Trinajstić information content (AvgIpc) is 2.48. The molecule has 0 spiro atoms. The number of amides is 1. The molecule has 2 bridgehead atoms. The van der Waals surface area contributed by atoms with Gasteiger partial charge in [-0.2, -0.15) is 0 Å². The number of nitrogens with two attached hydrogens (primary N) is 1. The Balaban J connectivity index is 0.00000208. The summed E-state index contributed by atoms with van der Waals surface area (Å²) in [6.07, 6.45) is 7.49. The van der Waals surface area contributed by atoms with E-state index < -0.39 is 0 Å². The van der Waals surface area contributed by atoms with Gasteiger partial charge in [0.1, 0.15) is 0 Å². The summed E-state index contributed by atoms with van der Waals surface area (Å²) in [7, 11) is 0. The molecule has 0 radical (unpaired) electrons. The van der Waals surface area contributed by atoms with Crippen molar-refractivity contribution in [2.45, 2.75) is 49.1 Å². The number of hydrogen-bond donors (Lipinski definition) is 2. The molecular formula is C17H23Cl3N2OS. The highest BCUT2D eigenvalue weighted by molar-refractivity contribution is 7.98. The van der Waals surface area contributed by atoms with Crippen molar-refractivity contribution >= 4 is 53.3 Å². The van der Waals surface area contributed by atoms with Crippen molar-refractivity contribution < 1.29 is 4.79 Å². The first-order chi connectivity index (χ1) is 11.0. The van der Waals surface area contributed by atoms with Crippen LogP contribution in [-0.4, -0.2) is 24.2 Å². The van der Waals surface area contributed by atoms with Crippen LogP contribution in [0.5, 0.6) is 0 Å². The van der Waals surface area contributed by atoms with Crippen LogP contribution in [0.2, 0.25) is 10.0 Å². The number of hydrogen-bond acceptors (Lipinski definition) is 3. The topological polar surface area (TPSA) is 55.1 Å². The first-order valence-corrected chi connectivity index (χ1v) is 10.1. The fraction of sp³-hybridized carbons (Fsp3) is 0.588. The van der Waals surface area contributed by atoms with Gasteiger partial charge in [0.25, 0.3) is 5.91 Å². The van der Waals surface area contributed by atoms with Crippen molar-refractivity contribution in [2.24, 2.45) is 17.6 Å². The maximum atomic E-state index is 12.7. The zero-order valence-corrected chi connectivity index (χ0v) is 16.7. The Kier molecular flexibility index (Phi) is 7.15. The number of halogens is 3. The number of benzene rings is 1. The predicted octanol–water partition coefficient (Wildman–Crippen LogP) is 4.77. The molecule has 2 unspecified atom stereocenters. The van der Waals surface area contributed by atoms with Crippen LogP contribution in [0, 0.1) is 11.8 Å². The normalized spacial score (nSPS) is 28.8. The lowest BCUT2D eigenvalue weighted by atomic mass is 9.67. The highest BCUT2D eigenvalue weighted by Crippen LogP contribution is 2.40. The zero-order chi connectivity index (χ0) is 16.6. The SMILES string of the molecule is CSc1cc(C(=O)NC2C3CCCC2CC(N)C3)c(Cl)cc1Cl.Cl. The average molecular weight is 410 g/mol. The predicted molar refractivity (Wildman–Crippen MR) is 105 cm³/mol. The van der Waals surface area contributed by atoms with Gasteiger partial charge in [-0.15, -0.1) is 24.2 Å². The molecule has 134 valence electrons. The van der Waals surface area contributed by atoms with Crippen LogP contribution >= 0.6 is 47.4 Å². The molecule has 0 aliphatic heterocycles. The van der Waals surface area contributed by atoms with Gasteiger partial charge in [0.15, 0.2) is 0 Å². The van der Waals surface area contributed by atoms with Crippen molar-refractivity contribution in [3.8, 4) is 0 Å². The molecule has 1 amide bonds. The molecule has 2 fully saturated rings. The van der Waals surface area contributed by atoms with E-state index in [0.717, 1.165) is 30.6 Å². The highest BCUT2D eigenvalue weighted by Gasteiger charge is 2.40. The molecule has 2 aliphatic carbocycles. The van der Waals surface area contributed by atoms with Crippen molar-refractivity contribution in [1.29, 1.82) is 0 Å². The van der Waals surface area contributed by atoms with E-state index in [1.807, 2.05) is 6.26 Å². The Labute approximate surface area is 163 Å². The summed E-state index contributed by atoms with van der Waals surface area (Å²) in [5.41, 5.74) is 6.66. The Morgan fingerprint density at radius 3 is 2.42 bits per heavy atom. The van der Waals surface area contributed by atoms with Gasteiger partial charge in [0.2, 0.25) is 0 Å². The standard InChI is InChI=1S/C17H22Cl2N2OS.ClH/c1-23-15-7-12(13(18)8-14(15)19)17(22)21-16-9-3-2-4-10(16)6-11(20)5-9;/h7-11,16H,2-6,20H2,1H3,(H,21,22);1H. The summed E-state index contributed by atoms with van der Waals surface area (Å²) in [4.78, 5) is 13.6. The fourth-order valence-electron chi connectivity index (χ4n) is 4.11. The lowest BCUT2D eigenvalue weighted by molar-refractivity contribution is 0.0756. The van der Waals surface area contributed by atoms with E-state index in [-0.39, 0.29) is 30.4 Å². The summed E-state index contributed by atoms with van der Waals surface area (Å²) in [5, 5.41) is 4.23. The molecule has 3 nitrogen and oxygen atoms in total. The number of thioether (sulfide) groups is 1. The van der Waals surface area contributed by atoms with Gasteiger partial charge < -0.3 is 11.1 Å². The van der Waals surface area contributed by atoms with Gasteiger partial charge in [-0.05, 0) is 55.9 Å². The Morgan fingerprint density at radius 2 is 1.83 bits per heavy atom. The smallest absolute Gasteiger partial charge is 0.253 e. The summed E-state index contributed by atoms with van der Waals surface area (Å²) in [5.74, 6) is 0.888. The Hall–Kier alpha value is -0.130. The lowest BCUT2D eigenvalue weighted by Crippen LogP contribution is -2.53. The molecule has 0 aromatic heterocycles. The second-order valence-corrected chi connectivity index (χ2v) is 8.31. The largest absolute Gasteiger partial charge is 0.349 e. The maximum Gasteiger partial charge on any atom is 0.253 e. The molecule has 3 rings (SSSR count). The van der Waals surface area contributed by atoms with Crippen LogP contribution in [0.25, 0.3) is 0 Å².